The normalized spacial score (nSPS) is 20.1. The van der Waals surface area contributed by atoms with Crippen molar-refractivity contribution in [3.63, 3.8) is 0 Å². The molecule has 0 spiro atoms. The number of carbonyl (C=O) groups excluding carboxylic acids is 1. The maximum absolute atomic E-state index is 12.7. The van der Waals surface area contributed by atoms with E-state index < -0.39 is 12.0 Å². The van der Waals surface area contributed by atoms with E-state index in [0.717, 1.165) is 5.56 Å². The molecular weight excluding hydrogens is 302 g/mol. The maximum Gasteiger partial charge on any atom is 0.328 e. The Kier molecular flexibility index (Phi) is 4.20. The van der Waals surface area contributed by atoms with Crippen LogP contribution in [0.15, 0.2) is 23.8 Å². The second-order valence-corrected chi connectivity index (χ2v) is 5.29. The Bertz CT molecular complexity index is 669. The standard InChI is InChI=1S/C16H17NO6/c1-21-12-2-3-14-10(7-12)6-11(8-23-14)15(18)17-4-5-22-9-13(17)16(19)20/h2-3,6-7,13H,4-5,8-9H2,1H3,(H,19,20). The van der Waals surface area contributed by atoms with Gasteiger partial charge in [0.15, 0.2) is 6.04 Å². The van der Waals surface area contributed by atoms with Crippen LogP contribution in [-0.4, -0.2) is 61.4 Å². The summed E-state index contributed by atoms with van der Waals surface area (Å²) in [7, 11) is 1.56. The number of fused-ring (bicyclic) bond motifs is 1. The Morgan fingerprint density at radius 1 is 1.39 bits per heavy atom. The maximum atomic E-state index is 12.7. The molecule has 1 atom stereocenters. The second kappa shape index (κ2) is 6.29. The summed E-state index contributed by atoms with van der Waals surface area (Å²) >= 11 is 0. The van der Waals surface area contributed by atoms with Gasteiger partial charge in [-0.3, -0.25) is 4.79 Å². The molecule has 3 rings (SSSR count). The van der Waals surface area contributed by atoms with Crippen molar-refractivity contribution in [2.45, 2.75) is 6.04 Å². The van der Waals surface area contributed by atoms with E-state index in [4.69, 9.17) is 14.2 Å². The summed E-state index contributed by atoms with van der Waals surface area (Å²) in [5, 5.41) is 9.24. The van der Waals surface area contributed by atoms with Crippen molar-refractivity contribution in [2.75, 3.05) is 33.5 Å². The Labute approximate surface area is 133 Å². The predicted molar refractivity (Wildman–Crippen MR) is 80.4 cm³/mol. The van der Waals surface area contributed by atoms with E-state index in [1.807, 2.05) is 0 Å². The Hall–Kier alpha value is -2.54. The van der Waals surface area contributed by atoms with Gasteiger partial charge < -0.3 is 24.2 Å². The van der Waals surface area contributed by atoms with Gasteiger partial charge >= 0.3 is 5.97 Å². The van der Waals surface area contributed by atoms with Gasteiger partial charge in [0.25, 0.3) is 5.91 Å². The fourth-order valence-corrected chi connectivity index (χ4v) is 2.64. The molecule has 1 amide bonds. The lowest BCUT2D eigenvalue weighted by molar-refractivity contribution is -0.156. The molecular formula is C16H17NO6. The molecule has 0 aromatic heterocycles. The summed E-state index contributed by atoms with van der Waals surface area (Å²) in [6, 6.07) is 4.36. The van der Waals surface area contributed by atoms with E-state index in [2.05, 4.69) is 0 Å². The molecule has 1 aromatic rings. The average molecular weight is 319 g/mol. The van der Waals surface area contributed by atoms with E-state index in [9.17, 15) is 14.7 Å². The van der Waals surface area contributed by atoms with E-state index in [-0.39, 0.29) is 25.7 Å². The van der Waals surface area contributed by atoms with Crippen molar-refractivity contribution in [3.05, 3.63) is 29.3 Å². The summed E-state index contributed by atoms with van der Waals surface area (Å²) in [6.07, 6.45) is 1.72. The third-order valence-electron chi connectivity index (χ3n) is 3.88. The first-order valence-corrected chi connectivity index (χ1v) is 7.23. The van der Waals surface area contributed by atoms with Crippen molar-refractivity contribution >= 4 is 18.0 Å². The van der Waals surface area contributed by atoms with Crippen molar-refractivity contribution < 1.29 is 28.9 Å². The fraction of sp³-hybridized carbons (Fsp3) is 0.375. The van der Waals surface area contributed by atoms with Crippen LogP contribution < -0.4 is 9.47 Å². The van der Waals surface area contributed by atoms with Gasteiger partial charge in [-0.1, -0.05) is 0 Å². The number of hydrogen-bond acceptors (Lipinski definition) is 5. The molecule has 7 nitrogen and oxygen atoms in total. The highest BCUT2D eigenvalue weighted by Gasteiger charge is 2.34. The van der Waals surface area contributed by atoms with Crippen molar-refractivity contribution in [3.8, 4) is 11.5 Å². The number of nitrogens with zero attached hydrogens (tertiary/aromatic N) is 1. The first-order chi connectivity index (χ1) is 11.1. The Morgan fingerprint density at radius 3 is 2.96 bits per heavy atom. The molecule has 0 saturated carbocycles. The number of carbonyl (C=O) groups is 2. The van der Waals surface area contributed by atoms with Crippen LogP contribution in [0.1, 0.15) is 5.56 Å². The van der Waals surface area contributed by atoms with Gasteiger partial charge in [0.2, 0.25) is 0 Å². The molecule has 23 heavy (non-hydrogen) atoms. The van der Waals surface area contributed by atoms with Crippen LogP contribution >= 0.6 is 0 Å². The zero-order valence-corrected chi connectivity index (χ0v) is 12.7. The van der Waals surface area contributed by atoms with Crippen molar-refractivity contribution in [1.82, 2.24) is 4.90 Å². The molecule has 1 fully saturated rings. The molecule has 2 heterocycles. The molecule has 2 aliphatic rings. The number of aliphatic carboxylic acids is 1. The third kappa shape index (κ3) is 3.00. The van der Waals surface area contributed by atoms with Gasteiger partial charge in [0.05, 0.1) is 25.9 Å². The first-order valence-electron chi connectivity index (χ1n) is 7.23. The van der Waals surface area contributed by atoms with E-state index in [0.29, 0.717) is 23.7 Å². The molecule has 0 bridgehead atoms. The highest BCUT2D eigenvalue weighted by Crippen LogP contribution is 2.30. The zero-order chi connectivity index (χ0) is 16.4. The number of carboxylic acids is 1. The summed E-state index contributed by atoms with van der Waals surface area (Å²) < 4.78 is 15.9. The number of ether oxygens (including phenoxy) is 3. The van der Waals surface area contributed by atoms with Gasteiger partial charge in [-0.2, -0.15) is 0 Å². The average Bonchev–Trinajstić information content (AvgIpc) is 2.60. The summed E-state index contributed by atoms with van der Waals surface area (Å²) in [6.45, 7) is 0.688. The minimum Gasteiger partial charge on any atom is -0.497 e. The molecule has 2 aliphatic heterocycles. The van der Waals surface area contributed by atoms with Crippen molar-refractivity contribution in [2.24, 2.45) is 0 Å². The van der Waals surface area contributed by atoms with Crippen LogP contribution in [0.5, 0.6) is 11.5 Å². The van der Waals surface area contributed by atoms with Gasteiger partial charge in [0, 0.05) is 12.1 Å². The zero-order valence-electron chi connectivity index (χ0n) is 12.7. The minimum absolute atomic E-state index is 0.000377. The largest absolute Gasteiger partial charge is 0.497 e. The number of methoxy groups -OCH3 is 1. The van der Waals surface area contributed by atoms with Crippen LogP contribution in [0.2, 0.25) is 0 Å². The van der Waals surface area contributed by atoms with Gasteiger partial charge in [-0.15, -0.1) is 0 Å². The van der Waals surface area contributed by atoms with Crippen LogP contribution in [0.4, 0.5) is 0 Å². The lowest BCUT2D eigenvalue weighted by atomic mass is 10.0. The van der Waals surface area contributed by atoms with Crippen LogP contribution in [0.25, 0.3) is 6.08 Å². The van der Waals surface area contributed by atoms with Crippen LogP contribution in [-0.2, 0) is 14.3 Å². The number of hydrogen-bond donors (Lipinski definition) is 1. The lowest BCUT2D eigenvalue weighted by Crippen LogP contribution is -2.53. The summed E-state index contributed by atoms with van der Waals surface area (Å²) in [5.41, 5.74) is 1.15. The molecule has 1 N–H and O–H groups in total. The van der Waals surface area contributed by atoms with Crippen LogP contribution in [0.3, 0.4) is 0 Å². The van der Waals surface area contributed by atoms with Crippen LogP contribution in [0, 0.1) is 0 Å². The number of amides is 1. The quantitative estimate of drug-likeness (QED) is 0.886. The lowest BCUT2D eigenvalue weighted by Gasteiger charge is -2.34. The monoisotopic (exact) mass is 319 g/mol. The minimum atomic E-state index is -1.07. The number of morpholine rings is 1. The smallest absolute Gasteiger partial charge is 0.328 e. The highest BCUT2D eigenvalue weighted by atomic mass is 16.5. The van der Waals surface area contributed by atoms with Gasteiger partial charge in [-0.25, -0.2) is 4.79 Å². The SMILES string of the molecule is COc1ccc2c(c1)C=C(C(=O)N1CCOCC1C(=O)O)CO2. The Morgan fingerprint density at radius 2 is 2.22 bits per heavy atom. The molecule has 1 saturated heterocycles. The molecule has 1 aromatic carbocycles. The molecule has 0 radical (unpaired) electrons. The molecule has 0 aliphatic carbocycles. The van der Waals surface area contributed by atoms with E-state index in [1.165, 1.54) is 4.90 Å². The highest BCUT2D eigenvalue weighted by molar-refractivity contribution is 6.01. The van der Waals surface area contributed by atoms with E-state index in [1.54, 1.807) is 31.4 Å². The van der Waals surface area contributed by atoms with Gasteiger partial charge in [0.1, 0.15) is 18.1 Å². The fourth-order valence-electron chi connectivity index (χ4n) is 2.64. The molecule has 1 unspecified atom stereocenters. The molecule has 122 valence electrons. The Balaban J connectivity index is 1.87. The predicted octanol–water partition coefficient (Wildman–Crippen LogP) is 0.783. The van der Waals surface area contributed by atoms with E-state index >= 15 is 0 Å². The summed E-state index contributed by atoms with van der Waals surface area (Å²) in [4.78, 5) is 25.3. The molecule has 7 heteroatoms. The number of benzene rings is 1. The number of carboxylic acid groups (broad SMARTS) is 1. The third-order valence-corrected chi connectivity index (χ3v) is 3.88. The van der Waals surface area contributed by atoms with Crippen molar-refractivity contribution in [1.29, 1.82) is 0 Å². The summed E-state index contributed by atoms with van der Waals surface area (Å²) in [5.74, 6) is -0.0854. The van der Waals surface area contributed by atoms with Gasteiger partial charge in [-0.05, 0) is 24.3 Å². The topological polar surface area (TPSA) is 85.3 Å². The second-order valence-electron chi connectivity index (χ2n) is 5.29. The first kappa shape index (κ1) is 15.4. The number of rotatable bonds is 3.